The van der Waals surface area contributed by atoms with Crippen molar-refractivity contribution in [3.05, 3.63) is 17.5 Å². The number of methoxy groups -OCH3 is 1. The number of carbonyl (C=O) groups excluding carboxylic acids is 1. The van der Waals surface area contributed by atoms with Crippen molar-refractivity contribution >= 4 is 5.97 Å². The van der Waals surface area contributed by atoms with Gasteiger partial charge in [-0.1, -0.05) is 0 Å². The third kappa shape index (κ3) is 1.42. The predicted octanol–water partition coefficient (Wildman–Crippen LogP) is -1.00. The highest BCUT2D eigenvalue weighted by molar-refractivity contribution is 5.90. The number of hydrogen-bond donors (Lipinski definition) is 2. The number of nitrogens with zero attached hydrogens (tertiary/aromatic N) is 2. The molecular formula is C9H13N3O3. The van der Waals surface area contributed by atoms with E-state index in [-0.39, 0.29) is 0 Å². The summed E-state index contributed by atoms with van der Waals surface area (Å²) in [5, 5.41) is 17.1. The number of esters is 1. The van der Waals surface area contributed by atoms with Crippen LogP contribution in [0.2, 0.25) is 0 Å². The molecule has 15 heavy (non-hydrogen) atoms. The second-order valence-electron chi connectivity index (χ2n) is 3.66. The smallest absolute Gasteiger partial charge is 0.341 e. The third-order valence-electron chi connectivity index (χ3n) is 2.62. The Morgan fingerprint density at radius 3 is 2.87 bits per heavy atom. The molecule has 0 spiro atoms. The van der Waals surface area contributed by atoms with Crippen LogP contribution in [0.1, 0.15) is 16.1 Å². The number of ether oxygens (including phenoxy) is 1. The first-order valence-corrected chi connectivity index (χ1v) is 4.62. The zero-order valence-electron chi connectivity index (χ0n) is 8.65. The van der Waals surface area contributed by atoms with Crippen molar-refractivity contribution in [2.75, 3.05) is 20.2 Å². The van der Waals surface area contributed by atoms with Gasteiger partial charge in [-0.2, -0.15) is 5.10 Å². The van der Waals surface area contributed by atoms with Gasteiger partial charge < -0.3 is 15.2 Å². The van der Waals surface area contributed by atoms with E-state index in [4.69, 9.17) is 0 Å². The Morgan fingerprint density at radius 2 is 2.40 bits per heavy atom. The largest absolute Gasteiger partial charge is 0.465 e. The Labute approximate surface area is 86.8 Å². The number of carbonyl (C=O) groups is 1. The van der Waals surface area contributed by atoms with Crippen molar-refractivity contribution in [3.63, 3.8) is 0 Å². The zero-order chi connectivity index (χ0) is 11.1. The molecule has 2 rings (SSSR count). The van der Waals surface area contributed by atoms with Crippen LogP contribution in [0.3, 0.4) is 0 Å². The van der Waals surface area contributed by atoms with Crippen LogP contribution in [0.15, 0.2) is 6.20 Å². The molecule has 0 bridgehead atoms. The molecule has 0 radical (unpaired) electrons. The number of nitrogens with one attached hydrogen (secondary N) is 1. The normalized spacial score (nSPS) is 18.3. The zero-order valence-corrected chi connectivity index (χ0v) is 8.65. The minimum absolute atomic E-state index is 0.323. The molecule has 0 aromatic carbocycles. The molecule has 0 saturated carbocycles. The predicted molar refractivity (Wildman–Crippen MR) is 51.3 cm³/mol. The molecule has 0 unspecified atom stereocenters. The van der Waals surface area contributed by atoms with Gasteiger partial charge in [0.25, 0.3) is 0 Å². The lowest BCUT2D eigenvalue weighted by Crippen LogP contribution is -2.58. The van der Waals surface area contributed by atoms with Gasteiger partial charge in [-0.3, -0.25) is 4.68 Å². The Bertz CT molecular complexity index is 395. The summed E-state index contributed by atoms with van der Waals surface area (Å²) in [6.45, 7) is 0.854. The first kappa shape index (κ1) is 10.1. The second kappa shape index (κ2) is 3.32. The second-order valence-corrected chi connectivity index (χ2v) is 3.66. The summed E-state index contributed by atoms with van der Waals surface area (Å²) in [7, 11) is 3.00. The fraction of sp³-hybridized carbons (Fsp3) is 0.556. The first-order valence-electron chi connectivity index (χ1n) is 4.62. The molecule has 1 aromatic rings. The van der Waals surface area contributed by atoms with Gasteiger partial charge in [-0.05, 0) is 0 Å². The highest BCUT2D eigenvalue weighted by Gasteiger charge is 2.42. The van der Waals surface area contributed by atoms with Crippen LogP contribution in [0, 0.1) is 0 Å². The van der Waals surface area contributed by atoms with E-state index in [9.17, 15) is 9.90 Å². The van der Waals surface area contributed by atoms with Crippen LogP contribution in [0.5, 0.6) is 0 Å². The SMILES string of the molecule is COC(=O)c1cnn(C)c1C1(O)CNC1. The van der Waals surface area contributed by atoms with E-state index in [0.29, 0.717) is 24.3 Å². The van der Waals surface area contributed by atoms with Gasteiger partial charge in [0, 0.05) is 20.1 Å². The lowest BCUT2D eigenvalue weighted by atomic mass is 9.90. The Balaban J connectivity index is 2.44. The molecule has 2 heterocycles. The van der Waals surface area contributed by atoms with Crippen molar-refractivity contribution < 1.29 is 14.6 Å². The summed E-state index contributed by atoms with van der Waals surface area (Å²) in [5.41, 5.74) is -0.175. The maximum absolute atomic E-state index is 11.4. The molecule has 0 aliphatic carbocycles. The number of aromatic nitrogens is 2. The van der Waals surface area contributed by atoms with Crippen LogP contribution >= 0.6 is 0 Å². The van der Waals surface area contributed by atoms with Gasteiger partial charge in [-0.25, -0.2) is 4.79 Å². The van der Waals surface area contributed by atoms with Gasteiger partial charge in [0.05, 0.1) is 19.0 Å². The average molecular weight is 211 g/mol. The van der Waals surface area contributed by atoms with Crippen molar-refractivity contribution in [2.45, 2.75) is 5.60 Å². The van der Waals surface area contributed by atoms with Gasteiger partial charge in [-0.15, -0.1) is 0 Å². The van der Waals surface area contributed by atoms with E-state index in [2.05, 4.69) is 15.2 Å². The van der Waals surface area contributed by atoms with Crippen molar-refractivity contribution in [2.24, 2.45) is 7.05 Å². The van der Waals surface area contributed by atoms with Crippen molar-refractivity contribution in [1.29, 1.82) is 0 Å². The number of rotatable bonds is 2. The minimum Gasteiger partial charge on any atom is -0.465 e. The van der Waals surface area contributed by atoms with Crippen LogP contribution in [-0.2, 0) is 17.4 Å². The van der Waals surface area contributed by atoms with Crippen molar-refractivity contribution in [3.8, 4) is 0 Å². The molecule has 0 atom stereocenters. The fourth-order valence-corrected chi connectivity index (χ4v) is 1.78. The molecule has 6 heteroatoms. The molecule has 6 nitrogen and oxygen atoms in total. The number of β-amino-alcohol motifs (C(OH)–C–C–N with tert-alkyl or cyclic N) is 1. The van der Waals surface area contributed by atoms with E-state index in [1.807, 2.05) is 0 Å². The Kier molecular flexibility index (Phi) is 2.24. The molecule has 1 saturated heterocycles. The van der Waals surface area contributed by atoms with Crippen LogP contribution in [0.4, 0.5) is 0 Å². The quantitative estimate of drug-likeness (QED) is 0.613. The maximum Gasteiger partial charge on any atom is 0.341 e. The Hall–Kier alpha value is -1.40. The summed E-state index contributed by atoms with van der Waals surface area (Å²) in [4.78, 5) is 11.4. The van der Waals surface area contributed by atoms with E-state index >= 15 is 0 Å². The molecule has 1 fully saturated rings. The van der Waals surface area contributed by atoms with Gasteiger partial charge in [0.2, 0.25) is 0 Å². The fourth-order valence-electron chi connectivity index (χ4n) is 1.78. The lowest BCUT2D eigenvalue weighted by molar-refractivity contribution is -0.0229. The van der Waals surface area contributed by atoms with Crippen LogP contribution in [-0.4, -0.2) is 41.1 Å². The summed E-state index contributed by atoms with van der Waals surface area (Å²) in [5.74, 6) is -0.474. The molecule has 82 valence electrons. The molecular weight excluding hydrogens is 198 g/mol. The standard InChI is InChI=1S/C9H13N3O3/c1-12-7(9(14)4-10-5-9)6(3-11-12)8(13)15-2/h3,10,14H,4-5H2,1-2H3. The summed E-state index contributed by atoms with van der Waals surface area (Å²) < 4.78 is 6.14. The highest BCUT2D eigenvalue weighted by Crippen LogP contribution is 2.28. The monoisotopic (exact) mass is 211 g/mol. The van der Waals surface area contributed by atoms with Crippen molar-refractivity contribution in [1.82, 2.24) is 15.1 Å². The highest BCUT2D eigenvalue weighted by atomic mass is 16.5. The Morgan fingerprint density at radius 1 is 1.73 bits per heavy atom. The molecule has 0 amide bonds. The maximum atomic E-state index is 11.4. The summed E-state index contributed by atoms with van der Waals surface area (Å²) in [6.07, 6.45) is 1.41. The minimum atomic E-state index is -1.01. The van der Waals surface area contributed by atoms with Crippen LogP contribution < -0.4 is 5.32 Å². The van der Waals surface area contributed by atoms with Crippen LogP contribution in [0.25, 0.3) is 0 Å². The number of aliphatic hydroxyl groups is 1. The summed E-state index contributed by atoms with van der Waals surface area (Å²) in [6, 6.07) is 0. The molecule has 1 aromatic heterocycles. The topological polar surface area (TPSA) is 76.4 Å². The van der Waals surface area contributed by atoms with E-state index < -0.39 is 11.6 Å². The van der Waals surface area contributed by atoms with E-state index in [1.165, 1.54) is 18.0 Å². The van der Waals surface area contributed by atoms with Gasteiger partial charge in [0.1, 0.15) is 11.2 Å². The third-order valence-corrected chi connectivity index (χ3v) is 2.62. The lowest BCUT2D eigenvalue weighted by Gasteiger charge is -2.37. The number of aryl methyl sites for hydroxylation is 1. The molecule has 1 aliphatic rings. The first-order chi connectivity index (χ1) is 7.08. The average Bonchev–Trinajstić information content (AvgIpc) is 2.56. The van der Waals surface area contributed by atoms with Gasteiger partial charge in [0.15, 0.2) is 0 Å². The molecule has 2 N–H and O–H groups in total. The molecule has 1 aliphatic heterocycles. The van der Waals surface area contributed by atoms with E-state index in [1.54, 1.807) is 7.05 Å². The van der Waals surface area contributed by atoms with Gasteiger partial charge >= 0.3 is 5.97 Å². The van der Waals surface area contributed by atoms with E-state index in [0.717, 1.165) is 0 Å². The number of hydrogen-bond acceptors (Lipinski definition) is 5. The summed E-state index contributed by atoms with van der Waals surface area (Å²) >= 11 is 0.